The van der Waals surface area contributed by atoms with E-state index in [9.17, 15) is 9.59 Å². The lowest BCUT2D eigenvalue weighted by Gasteiger charge is -2.10. The minimum Gasteiger partial charge on any atom is -0.484 e. The van der Waals surface area contributed by atoms with Crippen LogP contribution in [0.3, 0.4) is 0 Å². The Labute approximate surface area is 146 Å². The van der Waals surface area contributed by atoms with Crippen molar-refractivity contribution in [1.82, 2.24) is 4.90 Å². The predicted molar refractivity (Wildman–Crippen MR) is 94.9 cm³/mol. The van der Waals surface area contributed by atoms with Crippen molar-refractivity contribution in [2.45, 2.75) is 0 Å². The maximum atomic E-state index is 11.9. The van der Waals surface area contributed by atoms with Gasteiger partial charge < -0.3 is 15.0 Å². The minimum atomic E-state index is -0.280. The molecule has 2 aromatic carbocycles. The van der Waals surface area contributed by atoms with Crippen LogP contribution in [0.5, 0.6) is 5.75 Å². The standard InChI is InChI=1S/C18H19ClN2O3/c1-21(2)11-17(22)13-3-7-15(8-4-13)20-18(23)12-24-16-9-5-14(19)6-10-16/h3-10H,11-12H2,1-2H3,(H,20,23). The van der Waals surface area contributed by atoms with E-state index in [0.717, 1.165) is 0 Å². The van der Waals surface area contributed by atoms with Crippen LogP contribution >= 0.6 is 11.6 Å². The molecule has 0 radical (unpaired) electrons. The highest BCUT2D eigenvalue weighted by Gasteiger charge is 2.08. The normalized spacial score (nSPS) is 10.5. The number of carbonyl (C=O) groups excluding carboxylic acids is 2. The highest BCUT2D eigenvalue weighted by Crippen LogP contribution is 2.15. The third kappa shape index (κ3) is 5.68. The van der Waals surface area contributed by atoms with Crippen molar-refractivity contribution in [2.75, 3.05) is 32.6 Å². The van der Waals surface area contributed by atoms with Gasteiger partial charge in [0.1, 0.15) is 5.75 Å². The van der Waals surface area contributed by atoms with Gasteiger partial charge >= 0.3 is 0 Å². The zero-order chi connectivity index (χ0) is 17.5. The number of amides is 1. The molecule has 6 heteroatoms. The Kier molecular flexibility index (Phi) is 6.35. The third-order valence-corrected chi connectivity index (χ3v) is 3.39. The van der Waals surface area contributed by atoms with Gasteiger partial charge in [0, 0.05) is 16.3 Å². The largest absolute Gasteiger partial charge is 0.484 e. The molecule has 2 aromatic rings. The lowest BCUT2D eigenvalue weighted by atomic mass is 10.1. The second-order valence-electron chi connectivity index (χ2n) is 5.53. The Hall–Kier alpha value is -2.37. The van der Waals surface area contributed by atoms with E-state index in [1.54, 1.807) is 48.5 Å². The highest BCUT2D eigenvalue weighted by molar-refractivity contribution is 6.30. The number of carbonyl (C=O) groups is 2. The number of Topliss-reactive ketones (excluding diaryl/α,β-unsaturated/α-hetero) is 1. The van der Waals surface area contributed by atoms with Crippen molar-refractivity contribution in [3.63, 3.8) is 0 Å². The number of ketones is 1. The summed E-state index contributed by atoms with van der Waals surface area (Å²) < 4.78 is 5.37. The Morgan fingerprint density at radius 1 is 1.04 bits per heavy atom. The maximum Gasteiger partial charge on any atom is 0.262 e. The molecule has 0 saturated heterocycles. The van der Waals surface area contributed by atoms with Gasteiger partial charge in [-0.15, -0.1) is 0 Å². The van der Waals surface area contributed by atoms with Crippen LogP contribution in [0.1, 0.15) is 10.4 Å². The van der Waals surface area contributed by atoms with E-state index < -0.39 is 0 Å². The molecule has 1 amide bonds. The molecule has 1 N–H and O–H groups in total. The van der Waals surface area contributed by atoms with Gasteiger partial charge in [0.25, 0.3) is 5.91 Å². The summed E-state index contributed by atoms with van der Waals surface area (Å²) in [6, 6.07) is 13.6. The van der Waals surface area contributed by atoms with Crippen molar-refractivity contribution in [1.29, 1.82) is 0 Å². The highest BCUT2D eigenvalue weighted by atomic mass is 35.5. The minimum absolute atomic E-state index is 0.0314. The van der Waals surface area contributed by atoms with Crippen LogP contribution in [0.4, 0.5) is 5.69 Å². The van der Waals surface area contributed by atoms with Gasteiger partial charge in [-0.1, -0.05) is 11.6 Å². The van der Waals surface area contributed by atoms with Crippen LogP contribution in [-0.2, 0) is 4.79 Å². The molecular formula is C18H19ClN2O3. The van der Waals surface area contributed by atoms with E-state index in [2.05, 4.69) is 5.32 Å². The smallest absolute Gasteiger partial charge is 0.262 e. The molecule has 0 heterocycles. The molecule has 2 rings (SSSR count). The number of nitrogens with one attached hydrogen (secondary N) is 1. The van der Waals surface area contributed by atoms with Gasteiger partial charge in [0.15, 0.2) is 12.4 Å². The molecular weight excluding hydrogens is 328 g/mol. The average Bonchev–Trinajstić information content (AvgIpc) is 2.54. The van der Waals surface area contributed by atoms with Crippen molar-refractivity contribution in [3.8, 4) is 5.75 Å². The SMILES string of the molecule is CN(C)CC(=O)c1ccc(NC(=O)COc2ccc(Cl)cc2)cc1. The molecule has 0 aliphatic heterocycles. The molecule has 0 atom stereocenters. The molecule has 0 fully saturated rings. The Morgan fingerprint density at radius 3 is 2.25 bits per heavy atom. The number of benzene rings is 2. The number of halogens is 1. The summed E-state index contributed by atoms with van der Waals surface area (Å²) >= 11 is 5.78. The summed E-state index contributed by atoms with van der Waals surface area (Å²) in [4.78, 5) is 25.6. The lowest BCUT2D eigenvalue weighted by molar-refractivity contribution is -0.118. The first-order chi connectivity index (χ1) is 11.4. The zero-order valence-electron chi connectivity index (χ0n) is 13.6. The van der Waals surface area contributed by atoms with E-state index in [1.807, 2.05) is 19.0 Å². The summed E-state index contributed by atoms with van der Waals surface area (Å²) in [7, 11) is 3.68. The number of anilines is 1. The fourth-order valence-electron chi connectivity index (χ4n) is 1.99. The van der Waals surface area contributed by atoms with Gasteiger partial charge in [-0.05, 0) is 62.6 Å². The number of hydrogen-bond acceptors (Lipinski definition) is 4. The molecule has 0 unspecified atom stereocenters. The van der Waals surface area contributed by atoms with E-state index in [1.165, 1.54) is 0 Å². The van der Waals surface area contributed by atoms with Crippen LogP contribution in [0.15, 0.2) is 48.5 Å². The first kappa shape index (κ1) is 18.0. The quantitative estimate of drug-likeness (QED) is 0.783. The summed E-state index contributed by atoms with van der Waals surface area (Å²) in [5, 5.41) is 3.33. The molecule has 0 spiro atoms. The van der Waals surface area contributed by atoms with Crippen LogP contribution in [0, 0.1) is 0 Å². The molecule has 0 aromatic heterocycles. The monoisotopic (exact) mass is 346 g/mol. The van der Waals surface area contributed by atoms with E-state index >= 15 is 0 Å². The first-order valence-corrected chi connectivity index (χ1v) is 7.78. The second kappa shape index (κ2) is 8.47. The lowest BCUT2D eigenvalue weighted by Crippen LogP contribution is -2.22. The number of ether oxygens (including phenoxy) is 1. The maximum absolute atomic E-state index is 11.9. The Balaban J connectivity index is 1.85. The van der Waals surface area contributed by atoms with Crippen molar-refractivity contribution < 1.29 is 14.3 Å². The predicted octanol–water partition coefficient (Wildman–Crippen LogP) is 3.10. The average molecular weight is 347 g/mol. The van der Waals surface area contributed by atoms with Gasteiger partial charge in [-0.3, -0.25) is 9.59 Å². The molecule has 0 aliphatic rings. The fourth-order valence-corrected chi connectivity index (χ4v) is 2.12. The molecule has 24 heavy (non-hydrogen) atoms. The first-order valence-electron chi connectivity index (χ1n) is 7.40. The molecule has 126 valence electrons. The van der Waals surface area contributed by atoms with Crippen LogP contribution < -0.4 is 10.1 Å². The van der Waals surface area contributed by atoms with Gasteiger partial charge in [-0.25, -0.2) is 0 Å². The van der Waals surface area contributed by atoms with E-state index in [4.69, 9.17) is 16.3 Å². The fraction of sp³-hybridized carbons (Fsp3) is 0.222. The molecule has 0 bridgehead atoms. The van der Waals surface area contributed by atoms with Crippen LogP contribution in [-0.4, -0.2) is 43.8 Å². The topological polar surface area (TPSA) is 58.6 Å². The molecule has 0 saturated carbocycles. The van der Waals surface area contributed by atoms with Gasteiger partial charge in [0.05, 0.1) is 6.54 Å². The van der Waals surface area contributed by atoms with E-state index in [-0.39, 0.29) is 18.3 Å². The molecule has 0 aliphatic carbocycles. The van der Waals surface area contributed by atoms with Crippen molar-refractivity contribution in [3.05, 3.63) is 59.1 Å². The summed E-state index contributed by atoms with van der Waals surface area (Å²) in [6.07, 6.45) is 0. The third-order valence-electron chi connectivity index (χ3n) is 3.13. The summed E-state index contributed by atoms with van der Waals surface area (Å²) in [6.45, 7) is 0.240. The number of rotatable bonds is 7. The zero-order valence-corrected chi connectivity index (χ0v) is 14.3. The van der Waals surface area contributed by atoms with Crippen LogP contribution in [0.2, 0.25) is 5.02 Å². The Morgan fingerprint density at radius 2 is 1.67 bits per heavy atom. The van der Waals surface area contributed by atoms with Gasteiger partial charge in [-0.2, -0.15) is 0 Å². The number of nitrogens with zero attached hydrogens (tertiary/aromatic N) is 1. The molecule has 5 nitrogen and oxygen atoms in total. The Bertz CT molecular complexity index is 697. The van der Waals surface area contributed by atoms with E-state index in [0.29, 0.717) is 28.6 Å². The summed E-state index contributed by atoms with van der Waals surface area (Å²) in [5.41, 5.74) is 1.22. The number of hydrogen-bond donors (Lipinski definition) is 1. The second-order valence-corrected chi connectivity index (χ2v) is 5.97. The number of likely N-dealkylation sites (N-methyl/N-ethyl adjacent to an activating group) is 1. The summed E-state index contributed by atoms with van der Waals surface area (Å²) in [5.74, 6) is 0.320. The van der Waals surface area contributed by atoms with Crippen molar-refractivity contribution in [2.24, 2.45) is 0 Å². The van der Waals surface area contributed by atoms with Gasteiger partial charge in [0.2, 0.25) is 0 Å². The van der Waals surface area contributed by atoms with Crippen molar-refractivity contribution >= 4 is 29.0 Å². The van der Waals surface area contributed by atoms with Crippen LogP contribution in [0.25, 0.3) is 0 Å².